The summed E-state index contributed by atoms with van der Waals surface area (Å²) in [6.07, 6.45) is 1.55. The number of nitrogens with zero attached hydrogens (tertiary/aromatic N) is 1. The number of carbonyl (C=O) groups is 1. The van der Waals surface area contributed by atoms with E-state index in [2.05, 4.69) is 28.9 Å². The molecule has 0 aliphatic rings. The summed E-state index contributed by atoms with van der Waals surface area (Å²) >= 11 is 1.36. The van der Waals surface area contributed by atoms with E-state index in [0.717, 1.165) is 5.01 Å². The Morgan fingerprint density at radius 2 is 2.43 bits per heavy atom. The van der Waals surface area contributed by atoms with Crippen LogP contribution in [0.2, 0.25) is 0 Å². The molecule has 0 aliphatic heterocycles. The van der Waals surface area contributed by atoms with Gasteiger partial charge in [0.15, 0.2) is 0 Å². The van der Waals surface area contributed by atoms with Gasteiger partial charge in [-0.1, -0.05) is 13.8 Å². The largest absolute Gasteiger partial charge is 0.465 e. The fourth-order valence-electron chi connectivity index (χ4n) is 0.878. The van der Waals surface area contributed by atoms with Gasteiger partial charge in [-0.15, -0.1) is 11.3 Å². The second-order valence-electron chi connectivity index (χ2n) is 3.15. The summed E-state index contributed by atoms with van der Waals surface area (Å²) < 4.78 is 4.59. The molecule has 1 N–H and O–H groups in total. The van der Waals surface area contributed by atoms with Crippen LogP contribution < -0.4 is 5.32 Å². The van der Waals surface area contributed by atoms with Crippen molar-refractivity contribution in [2.45, 2.75) is 26.4 Å². The molecule has 0 unspecified atom stereocenters. The molecular weight excluding hydrogens is 200 g/mol. The van der Waals surface area contributed by atoms with Crippen LogP contribution in [0.15, 0.2) is 6.20 Å². The van der Waals surface area contributed by atoms with Crippen molar-refractivity contribution >= 4 is 17.3 Å². The molecule has 14 heavy (non-hydrogen) atoms. The van der Waals surface area contributed by atoms with E-state index in [4.69, 9.17) is 0 Å². The van der Waals surface area contributed by atoms with E-state index >= 15 is 0 Å². The van der Waals surface area contributed by atoms with E-state index in [-0.39, 0.29) is 5.97 Å². The molecule has 1 aromatic rings. The number of thiazole rings is 1. The van der Waals surface area contributed by atoms with Crippen LogP contribution in [0.3, 0.4) is 0 Å². The molecule has 0 amide bonds. The zero-order valence-electron chi connectivity index (χ0n) is 8.53. The van der Waals surface area contributed by atoms with Crippen molar-refractivity contribution < 1.29 is 9.53 Å². The second-order valence-corrected chi connectivity index (χ2v) is 4.26. The molecule has 0 aromatic carbocycles. The van der Waals surface area contributed by atoms with Gasteiger partial charge in [0.25, 0.3) is 0 Å². The Morgan fingerprint density at radius 3 is 3.00 bits per heavy atom. The Hall–Kier alpha value is -0.940. The number of aromatic nitrogens is 1. The molecule has 0 aliphatic carbocycles. The SMILES string of the molecule is COC(=O)c1cnc(CNC(C)C)s1. The summed E-state index contributed by atoms with van der Waals surface area (Å²) in [5.41, 5.74) is 0. The summed E-state index contributed by atoms with van der Waals surface area (Å²) in [4.78, 5) is 15.8. The monoisotopic (exact) mass is 214 g/mol. The Bertz CT molecular complexity index is 310. The highest BCUT2D eigenvalue weighted by Gasteiger charge is 2.09. The first-order valence-electron chi connectivity index (χ1n) is 4.40. The van der Waals surface area contributed by atoms with E-state index < -0.39 is 0 Å². The molecule has 78 valence electrons. The molecule has 0 atom stereocenters. The number of methoxy groups -OCH3 is 1. The van der Waals surface area contributed by atoms with Crippen LogP contribution in [-0.2, 0) is 11.3 Å². The van der Waals surface area contributed by atoms with Gasteiger partial charge in [0.2, 0.25) is 0 Å². The third-order valence-corrected chi connectivity index (χ3v) is 2.58. The van der Waals surface area contributed by atoms with Gasteiger partial charge in [-0.05, 0) is 0 Å². The molecular formula is C9H14N2O2S. The number of rotatable bonds is 4. The Kier molecular flexibility index (Phi) is 4.03. The van der Waals surface area contributed by atoms with Gasteiger partial charge in [-0.25, -0.2) is 9.78 Å². The van der Waals surface area contributed by atoms with Gasteiger partial charge in [0.1, 0.15) is 9.88 Å². The quantitative estimate of drug-likeness (QED) is 0.770. The van der Waals surface area contributed by atoms with Crippen LogP contribution in [0, 0.1) is 0 Å². The Balaban J connectivity index is 2.55. The van der Waals surface area contributed by atoms with Crippen molar-refractivity contribution in [3.8, 4) is 0 Å². The number of carbonyl (C=O) groups excluding carboxylic acids is 1. The number of esters is 1. The normalized spacial score (nSPS) is 10.6. The van der Waals surface area contributed by atoms with E-state index in [1.807, 2.05) is 0 Å². The average Bonchev–Trinajstić information content (AvgIpc) is 2.62. The highest BCUT2D eigenvalue weighted by Crippen LogP contribution is 2.13. The van der Waals surface area contributed by atoms with Gasteiger partial charge < -0.3 is 10.1 Å². The summed E-state index contributed by atoms with van der Waals surface area (Å²) in [5.74, 6) is -0.321. The van der Waals surface area contributed by atoms with Crippen molar-refractivity contribution in [1.29, 1.82) is 0 Å². The lowest BCUT2D eigenvalue weighted by molar-refractivity contribution is 0.0606. The van der Waals surface area contributed by atoms with Gasteiger partial charge in [-0.3, -0.25) is 0 Å². The van der Waals surface area contributed by atoms with Crippen LogP contribution in [0.25, 0.3) is 0 Å². The molecule has 0 saturated heterocycles. The number of nitrogens with one attached hydrogen (secondary N) is 1. The molecule has 0 fully saturated rings. The first kappa shape index (κ1) is 11.1. The lowest BCUT2D eigenvalue weighted by atomic mass is 10.4. The lowest BCUT2D eigenvalue weighted by Crippen LogP contribution is -2.21. The molecule has 0 bridgehead atoms. The topological polar surface area (TPSA) is 51.2 Å². The molecule has 5 heteroatoms. The zero-order chi connectivity index (χ0) is 10.6. The third kappa shape index (κ3) is 3.08. The van der Waals surface area contributed by atoms with Crippen molar-refractivity contribution in [1.82, 2.24) is 10.3 Å². The second kappa shape index (κ2) is 5.07. The van der Waals surface area contributed by atoms with Gasteiger partial charge in [0.05, 0.1) is 13.3 Å². The number of hydrogen-bond donors (Lipinski definition) is 1. The first-order chi connectivity index (χ1) is 6.63. The van der Waals surface area contributed by atoms with Crippen LogP contribution in [-0.4, -0.2) is 24.1 Å². The van der Waals surface area contributed by atoms with Gasteiger partial charge in [-0.2, -0.15) is 0 Å². The Labute approximate surface area is 87.3 Å². The molecule has 0 spiro atoms. The maximum Gasteiger partial charge on any atom is 0.349 e. The minimum atomic E-state index is -0.321. The standard InChI is InChI=1S/C9H14N2O2S/c1-6(2)10-5-8-11-4-7(14-8)9(12)13-3/h4,6,10H,5H2,1-3H3. The molecule has 0 radical (unpaired) electrons. The van der Waals surface area contributed by atoms with Crippen molar-refractivity contribution in [2.75, 3.05) is 7.11 Å². The van der Waals surface area contributed by atoms with E-state index in [1.54, 1.807) is 6.20 Å². The van der Waals surface area contributed by atoms with Crippen LogP contribution in [0.5, 0.6) is 0 Å². The number of ether oxygens (including phenoxy) is 1. The zero-order valence-corrected chi connectivity index (χ0v) is 9.35. The summed E-state index contributed by atoms with van der Waals surface area (Å²) in [6.45, 7) is 4.82. The predicted molar refractivity (Wildman–Crippen MR) is 55.4 cm³/mol. The maximum absolute atomic E-state index is 11.1. The molecule has 1 heterocycles. The van der Waals surface area contributed by atoms with Crippen LogP contribution >= 0.6 is 11.3 Å². The minimum absolute atomic E-state index is 0.321. The predicted octanol–water partition coefficient (Wildman–Crippen LogP) is 1.43. The smallest absolute Gasteiger partial charge is 0.349 e. The molecule has 1 rings (SSSR count). The summed E-state index contributed by atoms with van der Waals surface area (Å²) in [6, 6.07) is 0.417. The van der Waals surface area contributed by atoms with Crippen molar-refractivity contribution in [2.24, 2.45) is 0 Å². The highest BCUT2D eigenvalue weighted by molar-refractivity contribution is 7.13. The van der Waals surface area contributed by atoms with Crippen molar-refractivity contribution in [3.05, 3.63) is 16.1 Å². The van der Waals surface area contributed by atoms with Crippen molar-refractivity contribution in [3.63, 3.8) is 0 Å². The van der Waals surface area contributed by atoms with Crippen LogP contribution in [0.4, 0.5) is 0 Å². The van der Waals surface area contributed by atoms with E-state index in [9.17, 15) is 4.79 Å². The molecule has 4 nitrogen and oxygen atoms in total. The fraction of sp³-hybridized carbons (Fsp3) is 0.556. The van der Waals surface area contributed by atoms with Gasteiger partial charge >= 0.3 is 5.97 Å². The van der Waals surface area contributed by atoms with E-state index in [0.29, 0.717) is 17.5 Å². The summed E-state index contributed by atoms with van der Waals surface area (Å²) in [7, 11) is 1.37. The molecule has 1 aromatic heterocycles. The lowest BCUT2D eigenvalue weighted by Gasteiger charge is -2.04. The highest BCUT2D eigenvalue weighted by atomic mass is 32.1. The first-order valence-corrected chi connectivity index (χ1v) is 5.21. The molecule has 0 saturated carbocycles. The average molecular weight is 214 g/mol. The third-order valence-electron chi connectivity index (χ3n) is 1.60. The summed E-state index contributed by atoms with van der Waals surface area (Å²) in [5, 5.41) is 4.13. The number of hydrogen-bond acceptors (Lipinski definition) is 5. The Morgan fingerprint density at radius 1 is 1.71 bits per heavy atom. The van der Waals surface area contributed by atoms with Gasteiger partial charge in [0, 0.05) is 12.6 Å². The minimum Gasteiger partial charge on any atom is -0.465 e. The van der Waals surface area contributed by atoms with Crippen LogP contribution in [0.1, 0.15) is 28.5 Å². The maximum atomic E-state index is 11.1. The van der Waals surface area contributed by atoms with E-state index in [1.165, 1.54) is 18.4 Å². The fourth-order valence-corrected chi connectivity index (χ4v) is 1.67.